The summed E-state index contributed by atoms with van der Waals surface area (Å²) in [5.41, 5.74) is 1.16. The maximum Gasteiger partial charge on any atom is 0.341 e. The van der Waals surface area contributed by atoms with E-state index >= 15 is 4.39 Å². The van der Waals surface area contributed by atoms with Gasteiger partial charge in [0.2, 0.25) is 0 Å². The van der Waals surface area contributed by atoms with Gasteiger partial charge >= 0.3 is 5.97 Å². The average molecular weight is 510 g/mol. The molecule has 4 aromatic rings. The maximum atomic E-state index is 15.2. The smallest absolute Gasteiger partial charge is 0.341 e. The van der Waals surface area contributed by atoms with E-state index in [1.54, 1.807) is 0 Å². The fourth-order valence-electron chi connectivity index (χ4n) is 4.99. The third-order valence-electron chi connectivity index (χ3n) is 6.74. The molecule has 2 N–H and O–H groups in total. The number of hydrogen-bond donors (Lipinski definition) is 2. The molecule has 0 aromatic heterocycles. The quantitative estimate of drug-likeness (QED) is 0.298. The summed E-state index contributed by atoms with van der Waals surface area (Å²) in [6, 6.07) is 24.2. The van der Waals surface area contributed by atoms with Crippen LogP contribution in [0.4, 0.5) is 8.78 Å². The topological polar surface area (TPSA) is 58.6 Å². The van der Waals surface area contributed by atoms with E-state index in [9.17, 15) is 14.3 Å². The number of nitrogens with one attached hydrogen (secondary N) is 1. The van der Waals surface area contributed by atoms with Crippen LogP contribution in [-0.4, -0.2) is 23.7 Å². The molecule has 0 saturated heterocycles. The predicted molar refractivity (Wildman–Crippen MR) is 138 cm³/mol. The van der Waals surface area contributed by atoms with E-state index < -0.39 is 29.1 Å². The van der Waals surface area contributed by atoms with Gasteiger partial charge in [-0.1, -0.05) is 66.7 Å². The number of fused-ring (bicyclic) bond motifs is 2. The highest BCUT2D eigenvalue weighted by Crippen LogP contribution is 2.42. The first-order valence-electron chi connectivity index (χ1n) is 11.6. The highest BCUT2D eigenvalue weighted by atomic mass is 35.5. The molecule has 36 heavy (non-hydrogen) atoms. The van der Waals surface area contributed by atoms with Crippen LogP contribution in [0.1, 0.15) is 52.4 Å². The van der Waals surface area contributed by atoms with Gasteiger partial charge in [-0.25, -0.2) is 13.6 Å². The van der Waals surface area contributed by atoms with Gasteiger partial charge in [-0.2, -0.15) is 0 Å². The first-order valence-corrected chi connectivity index (χ1v) is 11.6. The number of benzene rings is 4. The fourth-order valence-corrected chi connectivity index (χ4v) is 4.99. The van der Waals surface area contributed by atoms with Gasteiger partial charge in [-0.05, 0) is 47.4 Å². The Morgan fingerprint density at radius 2 is 1.72 bits per heavy atom. The number of aromatic carboxylic acids is 1. The average Bonchev–Trinajstić information content (AvgIpc) is 2.86. The van der Waals surface area contributed by atoms with Crippen molar-refractivity contribution in [3.8, 4) is 5.75 Å². The van der Waals surface area contributed by atoms with Crippen molar-refractivity contribution in [2.45, 2.75) is 31.4 Å². The summed E-state index contributed by atoms with van der Waals surface area (Å²) in [6.45, 7) is 2.60. The molecule has 0 radical (unpaired) electrons. The highest BCUT2D eigenvalue weighted by Gasteiger charge is 2.33. The van der Waals surface area contributed by atoms with Crippen molar-refractivity contribution in [3.63, 3.8) is 0 Å². The van der Waals surface area contributed by atoms with Crippen molar-refractivity contribution >= 4 is 29.1 Å². The molecule has 0 aliphatic carbocycles. The van der Waals surface area contributed by atoms with E-state index in [4.69, 9.17) is 4.74 Å². The summed E-state index contributed by atoms with van der Waals surface area (Å²) in [7, 11) is 0. The van der Waals surface area contributed by atoms with Crippen LogP contribution >= 0.6 is 12.4 Å². The molecule has 1 aliphatic heterocycles. The van der Waals surface area contributed by atoms with Crippen LogP contribution in [0.3, 0.4) is 0 Å². The van der Waals surface area contributed by atoms with E-state index in [0.29, 0.717) is 18.7 Å². The molecule has 3 atom stereocenters. The van der Waals surface area contributed by atoms with Gasteiger partial charge in [0.15, 0.2) is 0 Å². The minimum absolute atomic E-state index is 0. The summed E-state index contributed by atoms with van der Waals surface area (Å²) in [5.74, 6) is -3.58. The number of halogens is 3. The second-order valence-corrected chi connectivity index (χ2v) is 8.90. The van der Waals surface area contributed by atoms with E-state index in [1.807, 2.05) is 42.5 Å². The Kier molecular flexibility index (Phi) is 7.57. The predicted octanol–water partition coefficient (Wildman–Crippen LogP) is 6.87. The van der Waals surface area contributed by atoms with Crippen molar-refractivity contribution in [1.29, 1.82) is 0 Å². The molecule has 4 nitrogen and oxygen atoms in total. The van der Waals surface area contributed by atoms with Gasteiger partial charge in [0.25, 0.3) is 0 Å². The van der Waals surface area contributed by atoms with Crippen LogP contribution in [0.25, 0.3) is 10.8 Å². The molecule has 0 saturated carbocycles. The monoisotopic (exact) mass is 509 g/mol. The molecule has 1 heterocycles. The van der Waals surface area contributed by atoms with Crippen LogP contribution < -0.4 is 10.1 Å². The van der Waals surface area contributed by atoms with Crippen molar-refractivity contribution in [2.24, 2.45) is 0 Å². The molecule has 0 spiro atoms. The minimum atomic E-state index is -1.62. The first-order chi connectivity index (χ1) is 16.9. The van der Waals surface area contributed by atoms with E-state index in [-0.39, 0.29) is 30.1 Å². The summed E-state index contributed by atoms with van der Waals surface area (Å²) in [5, 5.41) is 15.2. The summed E-state index contributed by atoms with van der Waals surface area (Å²) < 4.78 is 35.5. The van der Waals surface area contributed by atoms with Crippen LogP contribution in [0.2, 0.25) is 0 Å². The van der Waals surface area contributed by atoms with Gasteiger partial charge in [-0.15, -0.1) is 12.4 Å². The third kappa shape index (κ3) is 4.79. The molecule has 0 amide bonds. The van der Waals surface area contributed by atoms with Gasteiger partial charge in [-0.3, -0.25) is 0 Å². The number of carbonyl (C=O) groups is 1. The molecule has 4 aromatic carbocycles. The largest absolute Gasteiger partial charge is 0.489 e. The maximum absolute atomic E-state index is 15.2. The normalized spacial score (nSPS) is 17.5. The summed E-state index contributed by atoms with van der Waals surface area (Å²) in [6.07, 6.45) is 0.138. The highest BCUT2D eigenvalue weighted by molar-refractivity contribution is 5.88. The van der Waals surface area contributed by atoms with E-state index in [1.165, 1.54) is 22.4 Å². The molecule has 0 bridgehead atoms. The zero-order chi connectivity index (χ0) is 24.5. The molecule has 0 unspecified atom stereocenters. The van der Waals surface area contributed by atoms with Gasteiger partial charge in [0, 0.05) is 24.1 Å². The number of para-hydroxylation sites is 1. The van der Waals surface area contributed by atoms with Crippen molar-refractivity contribution in [3.05, 3.63) is 113 Å². The zero-order valence-electron chi connectivity index (χ0n) is 19.6. The van der Waals surface area contributed by atoms with Crippen LogP contribution in [0.5, 0.6) is 5.75 Å². The lowest BCUT2D eigenvalue weighted by Gasteiger charge is -2.33. The lowest BCUT2D eigenvalue weighted by molar-refractivity contribution is 0.0686. The Morgan fingerprint density at radius 3 is 2.53 bits per heavy atom. The zero-order valence-corrected chi connectivity index (χ0v) is 20.4. The van der Waals surface area contributed by atoms with Crippen LogP contribution in [0.15, 0.2) is 78.9 Å². The van der Waals surface area contributed by atoms with Crippen molar-refractivity contribution < 1.29 is 23.4 Å². The Morgan fingerprint density at radius 1 is 1.00 bits per heavy atom. The molecular weight excluding hydrogens is 484 g/mol. The van der Waals surface area contributed by atoms with Gasteiger partial charge in [0.1, 0.15) is 29.1 Å². The summed E-state index contributed by atoms with van der Waals surface area (Å²) >= 11 is 0. The first kappa shape index (κ1) is 25.6. The molecular formula is C29H26ClF2NO3. The lowest BCUT2D eigenvalue weighted by atomic mass is 9.83. The number of ether oxygens (including phenoxy) is 1. The lowest BCUT2D eigenvalue weighted by Crippen LogP contribution is -2.37. The van der Waals surface area contributed by atoms with Crippen molar-refractivity contribution in [2.75, 3.05) is 6.54 Å². The van der Waals surface area contributed by atoms with Crippen LogP contribution in [-0.2, 0) is 0 Å². The number of rotatable bonds is 6. The second kappa shape index (κ2) is 10.6. The van der Waals surface area contributed by atoms with Gasteiger partial charge in [0.05, 0.1) is 0 Å². The SMILES string of the molecule is C[C@@H](NC[C@H]1C[C@@H](c2ccc(F)c(C(=O)O)c2F)c2ccccc2O1)c1cccc2ccccc12.Cl. The van der Waals surface area contributed by atoms with Crippen molar-refractivity contribution in [1.82, 2.24) is 5.32 Å². The molecule has 1 aliphatic rings. The Bertz CT molecular complexity index is 1410. The second-order valence-electron chi connectivity index (χ2n) is 8.90. The van der Waals surface area contributed by atoms with Gasteiger partial charge < -0.3 is 15.2 Å². The number of hydrogen-bond acceptors (Lipinski definition) is 3. The van der Waals surface area contributed by atoms with E-state index in [0.717, 1.165) is 11.6 Å². The molecule has 186 valence electrons. The molecule has 5 rings (SSSR count). The third-order valence-corrected chi connectivity index (χ3v) is 6.74. The van der Waals surface area contributed by atoms with E-state index in [2.05, 4.69) is 36.5 Å². The fraction of sp³-hybridized carbons (Fsp3) is 0.207. The Labute approximate surface area is 214 Å². The Balaban J connectivity index is 0.00000304. The number of carboxylic acids is 1. The van der Waals surface area contributed by atoms with Crippen LogP contribution in [0, 0.1) is 11.6 Å². The molecule has 0 fully saturated rings. The molecule has 7 heteroatoms. The Hall–Kier alpha value is -3.48. The standard InChI is InChI=1S/C29H25F2NO3.ClH/c1-17(20-11-6-8-18-7-2-3-9-21(18)20)32-16-19-15-24(22-10-4-5-12-26(22)35-19)23-13-14-25(30)27(28(23)31)29(33)34;/h2-14,17,19,24,32H,15-16H2,1H3,(H,33,34);1H/t17-,19-,24-;/m1./s1. The minimum Gasteiger partial charge on any atom is -0.489 e. The number of carboxylic acid groups (broad SMARTS) is 1. The summed E-state index contributed by atoms with van der Waals surface area (Å²) in [4.78, 5) is 11.5.